The summed E-state index contributed by atoms with van der Waals surface area (Å²) in [5.74, 6) is -0.997. The number of carboxylic acid groups (broad SMARTS) is 1. The molecule has 0 aliphatic heterocycles. The van der Waals surface area contributed by atoms with Gasteiger partial charge in [0, 0.05) is 6.04 Å². The summed E-state index contributed by atoms with van der Waals surface area (Å²) in [6.07, 6.45) is 3.99. The number of carbonyl (C=O) groups is 1. The number of carboxylic acids is 1. The Morgan fingerprint density at radius 2 is 1.83 bits per heavy atom. The van der Waals surface area contributed by atoms with Crippen molar-refractivity contribution in [3.05, 3.63) is 35.4 Å². The van der Waals surface area contributed by atoms with Gasteiger partial charge in [-0.25, -0.2) is 0 Å². The first-order valence-corrected chi connectivity index (χ1v) is 8.59. The van der Waals surface area contributed by atoms with Crippen LogP contribution in [0.1, 0.15) is 36.8 Å². The Labute approximate surface area is 143 Å². The highest BCUT2D eigenvalue weighted by Gasteiger charge is 2.33. The Morgan fingerprint density at radius 1 is 1.21 bits per heavy atom. The number of nitrogens with two attached hydrogens (primary N) is 1. The van der Waals surface area contributed by atoms with Gasteiger partial charge in [0.1, 0.15) is 5.54 Å². The van der Waals surface area contributed by atoms with E-state index in [1.807, 2.05) is 12.1 Å². The fourth-order valence-corrected chi connectivity index (χ4v) is 3.31. The third kappa shape index (κ3) is 5.31. The van der Waals surface area contributed by atoms with Crippen molar-refractivity contribution in [3.63, 3.8) is 0 Å². The van der Waals surface area contributed by atoms with Crippen molar-refractivity contribution in [2.45, 2.75) is 56.4 Å². The van der Waals surface area contributed by atoms with E-state index in [1.165, 1.54) is 11.1 Å². The summed E-state index contributed by atoms with van der Waals surface area (Å²) in [5.41, 5.74) is 7.51. The molecule has 1 aromatic rings. The highest BCUT2D eigenvalue weighted by molar-refractivity contribution is 6.40. The molecule has 6 N–H and O–H groups in total. The van der Waals surface area contributed by atoms with Crippen LogP contribution in [0.25, 0.3) is 0 Å². The van der Waals surface area contributed by atoms with Gasteiger partial charge in [0.15, 0.2) is 0 Å². The number of nitrogens with one attached hydrogen (secondary N) is 1. The molecule has 1 aromatic carbocycles. The van der Waals surface area contributed by atoms with Crippen LogP contribution < -0.4 is 11.1 Å². The maximum absolute atomic E-state index is 11.5. The van der Waals surface area contributed by atoms with E-state index in [0.717, 1.165) is 12.8 Å². The van der Waals surface area contributed by atoms with Crippen LogP contribution >= 0.6 is 0 Å². The number of unbranched alkanes of at least 4 members (excludes halogenated alkanes) is 1. The van der Waals surface area contributed by atoms with Crippen molar-refractivity contribution in [1.82, 2.24) is 5.32 Å². The molecule has 0 heterocycles. The molecule has 1 aliphatic carbocycles. The van der Waals surface area contributed by atoms with Gasteiger partial charge in [0.05, 0.1) is 0 Å². The molecule has 7 heteroatoms. The molecule has 0 spiro atoms. The number of rotatable bonds is 10. The SMILES string of the molecule is N[C@](CCCCB(O)O)(CCNC1Cc2ccccc2C1)C(=O)O. The number of fused-ring (bicyclic) bond motifs is 1. The second-order valence-corrected chi connectivity index (χ2v) is 6.77. The van der Waals surface area contributed by atoms with E-state index in [0.29, 0.717) is 38.3 Å². The molecule has 0 aromatic heterocycles. The lowest BCUT2D eigenvalue weighted by Gasteiger charge is -2.25. The van der Waals surface area contributed by atoms with Crippen LogP contribution in [0, 0.1) is 0 Å². The van der Waals surface area contributed by atoms with E-state index in [4.69, 9.17) is 15.8 Å². The quantitative estimate of drug-likeness (QED) is 0.315. The molecular weight excluding hydrogens is 307 g/mol. The molecule has 0 saturated heterocycles. The van der Waals surface area contributed by atoms with Gasteiger partial charge in [-0.15, -0.1) is 0 Å². The van der Waals surface area contributed by atoms with Crippen LogP contribution in [0.15, 0.2) is 24.3 Å². The van der Waals surface area contributed by atoms with Crippen molar-refractivity contribution < 1.29 is 19.9 Å². The minimum absolute atomic E-state index is 0.244. The fourth-order valence-electron chi connectivity index (χ4n) is 3.31. The Balaban J connectivity index is 1.74. The maximum Gasteiger partial charge on any atom is 0.451 e. The van der Waals surface area contributed by atoms with Gasteiger partial charge in [0.25, 0.3) is 0 Å². The Kier molecular flexibility index (Phi) is 6.80. The van der Waals surface area contributed by atoms with E-state index in [2.05, 4.69) is 17.4 Å². The van der Waals surface area contributed by atoms with Crippen molar-refractivity contribution in [1.29, 1.82) is 0 Å². The summed E-state index contributed by atoms with van der Waals surface area (Å²) in [4.78, 5) is 11.5. The topological polar surface area (TPSA) is 116 Å². The van der Waals surface area contributed by atoms with Gasteiger partial charge in [-0.3, -0.25) is 4.79 Å². The predicted molar refractivity (Wildman–Crippen MR) is 93.7 cm³/mol. The molecule has 1 atom stereocenters. The molecule has 6 nitrogen and oxygen atoms in total. The Bertz CT molecular complexity index is 530. The van der Waals surface area contributed by atoms with Crippen LogP contribution in [0.2, 0.25) is 6.32 Å². The molecule has 0 unspecified atom stereocenters. The van der Waals surface area contributed by atoms with E-state index >= 15 is 0 Å². The Morgan fingerprint density at radius 3 is 2.38 bits per heavy atom. The van der Waals surface area contributed by atoms with E-state index in [1.54, 1.807) is 0 Å². The summed E-state index contributed by atoms with van der Waals surface area (Å²) in [6, 6.07) is 8.69. The van der Waals surface area contributed by atoms with Crippen molar-refractivity contribution in [3.8, 4) is 0 Å². The highest BCUT2D eigenvalue weighted by atomic mass is 16.4. The zero-order chi connectivity index (χ0) is 17.6. The number of hydrogen-bond acceptors (Lipinski definition) is 5. The van der Waals surface area contributed by atoms with Crippen molar-refractivity contribution in [2.75, 3.05) is 6.54 Å². The lowest BCUT2D eigenvalue weighted by atomic mass is 9.81. The van der Waals surface area contributed by atoms with Gasteiger partial charge < -0.3 is 26.2 Å². The number of hydrogen-bond donors (Lipinski definition) is 5. The smallest absolute Gasteiger partial charge is 0.451 e. The zero-order valence-corrected chi connectivity index (χ0v) is 13.9. The molecule has 0 saturated carbocycles. The van der Waals surface area contributed by atoms with Crippen molar-refractivity contribution in [2.24, 2.45) is 5.73 Å². The van der Waals surface area contributed by atoms with E-state index < -0.39 is 18.6 Å². The first-order valence-electron chi connectivity index (χ1n) is 8.59. The molecule has 24 heavy (non-hydrogen) atoms. The molecule has 0 bridgehead atoms. The number of benzene rings is 1. The second-order valence-electron chi connectivity index (χ2n) is 6.77. The van der Waals surface area contributed by atoms with Gasteiger partial charge in [0.2, 0.25) is 0 Å². The van der Waals surface area contributed by atoms with E-state index in [-0.39, 0.29) is 6.32 Å². The molecule has 132 valence electrons. The predicted octanol–water partition coefficient (Wildman–Crippen LogP) is 0.559. The number of aliphatic carboxylic acids is 1. The van der Waals surface area contributed by atoms with E-state index in [9.17, 15) is 9.90 Å². The van der Waals surface area contributed by atoms with Gasteiger partial charge in [-0.2, -0.15) is 0 Å². The summed E-state index contributed by atoms with van der Waals surface area (Å²) < 4.78 is 0. The van der Waals surface area contributed by atoms with Crippen molar-refractivity contribution >= 4 is 13.1 Å². The maximum atomic E-state index is 11.5. The first-order chi connectivity index (χ1) is 11.4. The highest BCUT2D eigenvalue weighted by Crippen LogP contribution is 2.22. The lowest BCUT2D eigenvalue weighted by Crippen LogP contribution is -2.50. The largest absolute Gasteiger partial charge is 0.480 e. The molecule has 1 aliphatic rings. The van der Waals surface area contributed by atoms with Crippen LogP contribution in [0.5, 0.6) is 0 Å². The first kappa shape index (κ1) is 18.9. The standard InChI is InChI=1S/C17H27BN2O4/c19-17(16(21)22,7-3-4-9-18(23)24)8-10-20-15-11-13-5-1-2-6-14(13)12-15/h1-2,5-6,15,20,23-24H,3-4,7-12,19H2,(H,21,22)/t17-/m1/s1. The Hall–Kier alpha value is -1.41. The zero-order valence-electron chi connectivity index (χ0n) is 13.9. The lowest BCUT2D eigenvalue weighted by molar-refractivity contribution is -0.144. The normalized spacial score (nSPS) is 16.6. The minimum atomic E-state index is -1.34. The summed E-state index contributed by atoms with van der Waals surface area (Å²) in [6.45, 7) is 0.560. The monoisotopic (exact) mass is 334 g/mol. The average Bonchev–Trinajstić information content (AvgIpc) is 2.94. The molecule has 2 rings (SSSR count). The third-order valence-electron chi connectivity index (χ3n) is 4.82. The van der Waals surface area contributed by atoms with Gasteiger partial charge in [-0.05, 0) is 49.7 Å². The van der Waals surface area contributed by atoms with Crippen LogP contribution in [0.4, 0.5) is 0 Å². The minimum Gasteiger partial charge on any atom is -0.480 e. The summed E-state index contributed by atoms with van der Waals surface area (Å²) in [7, 11) is -1.34. The molecule has 0 radical (unpaired) electrons. The van der Waals surface area contributed by atoms with Gasteiger partial charge >= 0.3 is 13.1 Å². The third-order valence-corrected chi connectivity index (χ3v) is 4.82. The molecule has 0 amide bonds. The summed E-state index contributed by atoms with van der Waals surface area (Å²) >= 11 is 0. The molecule has 0 fully saturated rings. The van der Waals surface area contributed by atoms with Crippen LogP contribution in [0.3, 0.4) is 0 Å². The fraction of sp³-hybridized carbons (Fsp3) is 0.588. The molecular formula is C17H27BN2O4. The van der Waals surface area contributed by atoms with Gasteiger partial charge in [-0.1, -0.05) is 37.1 Å². The average molecular weight is 334 g/mol. The van der Waals surface area contributed by atoms with Crippen LogP contribution in [-0.2, 0) is 17.6 Å². The van der Waals surface area contributed by atoms with Crippen LogP contribution in [-0.4, -0.2) is 46.4 Å². The second kappa shape index (κ2) is 8.62. The summed E-state index contributed by atoms with van der Waals surface area (Å²) in [5, 5.41) is 30.5.